The van der Waals surface area contributed by atoms with Crippen molar-refractivity contribution < 1.29 is 17.9 Å². The molecule has 0 amide bonds. The molecule has 9 heteroatoms. The molecule has 0 atom stereocenters. The molecule has 0 aliphatic carbocycles. The minimum Gasteiger partial charge on any atom is -0.453 e. The molecular formula is C18H19F2N3O3S. The summed E-state index contributed by atoms with van der Waals surface area (Å²) in [4.78, 5) is 14.2. The van der Waals surface area contributed by atoms with E-state index in [4.69, 9.17) is 4.74 Å². The first-order valence-electron chi connectivity index (χ1n) is 8.33. The third-order valence-electron chi connectivity index (χ3n) is 3.65. The average molecular weight is 395 g/mol. The lowest BCUT2D eigenvalue weighted by molar-refractivity contribution is -0.385. The highest BCUT2D eigenvalue weighted by Gasteiger charge is 2.18. The van der Waals surface area contributed by atoms with Gasteiger partial charge >= 0.3 is 0 Å². The summed E-state index contributed by atoms with van der Waals surface area (Å²) >= 11 is 0.0328. The smallest absolute Gasteiger partial charge is 0.272 e. The van der Waals surface area contributed by atoms with Crippen LogP contribution in [-0.4, -0.2) is 13.9 Å². The minimum absolute atomic E-state index is 0.0328. The highest BCUT2D eigenvalue weighted by atomic mass is 32.2. The fourth-order valence-electron chi connectivity index (χ4n) is 2.44. The Morgan fingerprint density at radius 2 is 1.93 bits per heavy atom. The van der Waals surface area contributed by atoms with Crippen LogP contribution in [0.2, 0.25) is 0 Å². The highest BCUT2D eigenvalue weighted by Crippen LogP contribution is 2.36. The molecule has 0 unspecified atom stereocenters. The molecule has 2 heterocycles. The maximum absolute atomic E-state index is 14.1. The van der Waals surface area contributed by atoms with Gasteiger partial charge in [0.1, 0.15) is 5.75 Å². The quantitative estimate of drug-likeness (QED) is 0.369. The predicted octanol–water partition coefficient (Wildman–Crippen LogP) is 6.41. The van der Waals surface area contributed by atoms with Crippen molar-refractivity contribution in [3.8, 4) is 11.5 Å². The average Bonchev–Trinajstić information content (AvgIpc) is 3.04. The van der Waals surface area contributed by atoms with E-state index in [0.29, 0.717) is 16.7 Å². The number of nitro groups is 1. The zero-order valence-electron chi connectivity index (χ0n) is 15.3. The summed E-state index contributed by atoms with van der Waals surface area (Å²) in [5, 5.41) is 11.2. The second-order valence-electron chi connectivity index (χ2n) is 5.61. The summed E-state index contributed by atoms with van der Waals surface area (Å²) in [5.41, 5.74) is 0.693. The molecule has 0 spiro atoms. The zero-order chi connectivity index (χ0) is 20.1. The van der Waals surface area contributed by atoms with E-state index >= 15 is 0 Å². The molecule has 0 N–H and O–H groups in total. The van der Waals surface area contributed by atoms with Crippen LogP contribution in [0.3, 0.4) is 0 Å². The number of hydrogen-bond donors (Lipinski definition) is 0. The molecule has 2 aromatic heterocycles. The summed E-state index contributed by atoms with van der Waals surface area (Å²) in [7, 11) is 0. The minimum atomic E-state index is -0.859. The van der Waals surface area contributed by atoms with E-state index in [9.17, 15) is 18.4 Å². The van der Waals surface area contributed by atoms with Gasteiger partial charge in [-0.2, -0.15) is 0 Å². The van der Waals surface area contributed by atoms with Gasteiger partial charge in [0.2, 0.25) is 0 Å². The van der Waals surface area contributed by atoms with Crippen LogP contribution >= 0.6 is 12.3 Å². The van der Waals surface area contributed by atoms with Crippen LogP contribution in [0.25, 0.3) is 11.0 Å². The number of benzene rings is 1. The normalized spacial score (nSPS) is 10.6. The number of halogens is 2. The van der Waals surface area contributed by atoms with Crippen molar-refractivity contribution in [2.75, 3.05) is 0 Å². The maximum Gasteiger partial charge on any atom is 0.272 e. The molecule has 0 aliphatic rings. The monoisotopic (exact) mass is 395 g/mol. The van der Waals surface area contributed by atoms with Gasteiger partial charge in [-0.3, -0.25) is 10.1 Å². The number of nitrogens with zero attached hydrogens (tertiary/aromatic N) is 3. The second kappa shape index (κ2) is 8.81. The Balaban J connectivity index is 0.00000126. The number of nitro benzene ring substituents is 1. The lowest BCUT2D eigenvalue weighted by Gasteiger charge is -2.08. The number of fused-ring (bicyclic) bond motifs is 1. The van der Waals surface area contributed by atoms with Gasteiger partial charge in [0.25, 0.3) is 5.69 Å². The topological polar surface area (TPSA) is 70.2 Å². The van der Waals surface area contributed by atoms with Crippen molar-refractivity contribution in [1.29, 1.82) is 0 Å². The fourth-order valence-corrected chi connectivity index (χ4v) is 2.99. The first-order chi connectivity index (χ1) is 12.9. The van der Waals surface area contributed by atoms with E-state index in [2.05, 4.69) is 4.98 Å². The van der Waals surface area contributed by atoms with Crippen LogP contribution in [0.5, 0.6) is 11.5 Å². The highest BCUT2D eigenvalue weighted by molar-refractivity contribution is 7.92. The Bertz CT molecular complexity index is 960. The summed E-state index contributed by atoms with van der Waals surface area (Å²) < 4.78 is 34.3. The standard InChI is InChI=1S/C16H13F2N3O3S.C2H6/c1-9(2)13-8-11-14(5-6-19-16(11)20(13)25-18)24-15-4-3-10(21(22)23)7-12(15)17;1-2/h3-9H,1-2H3;1-2H3. The number of pyridine rings is 1. The van der Waals surface area contributed by atoms with Crippen LogP contribution in [0.15, 0.2) is 36.5 Å². The molecule has 27 heavy (non-hydrogen) atoms. The molecule has 3 aromatic rings. The van der Waals surface area contributed by atoms with Gasteiger partial charge in [0.15, 0.2) is 29.5 Å². The first-order valence-corrected chi connectivity index (χ1v) is 9.01. The van der Waals surface area contributed by atoms with Crippen LogP contribution < -0.4 is 4.74 Å². The van der Waals surface area contributed by atoms with Gasteiger partial charge in [-0.1, -0.05) is 27.7 Å². The van der Waals surface area contributed by atoms with Crippen molar-refractivity contribution >= 4 is 29.1 Å². The molecule has 3 rings (SSSR count). The van der Waals surface area contributed by atoms with Crippen molar-refractivity contribution in [1.82, 2.24) is 8.96 Å². The Hall–Kier alpha value is -2.68. The van der Waals surface area contributed by atoms with Gasteiger partial charge < -0.3 is 4.74 Å². The van der Waals surface area contributed by atoms with Crippen molar-refractivity contribution in [2.45, 2.75) is 33.6 Å². The molecular weight excluding hydrogens is 376 g/mol. The molecule has 0 radical (unpaired) electrons. The van der Waals surface area contributed by atoms with E-state index in [0.717, 1.165) is 12.1 Å². The van der Waals surface area contributed by atoms with E-state index < -0.39 is 10.7 Å². The van der Waals surface area contributed by atoms with Crippen LogP contribution in [0.1, 0.15) is 39.3 Å². The third-order valence-corrected chi connectivity index (χ3v) is 4.18. The van der Waals surface area contributed by atoms with Gasteiger partial charge in [0.05, 0.1) is 16.4 Å². The Morgan fingerprint density at radius 1 is 1.22 bits per heavy atom. The number of aromatic nitrogens is 2. The SMILES string of the molecule is CC.CC(C)c1cc2c(Oc3ccc([N+](=O)[O-])cc3F)ccnc2n1SF. The lowest BCUT2D eigenvalue weighted by Crippen LogP contribution is -1.96. The molecule has 0 saturated carbocycles. The molecule has 144 valence electrons. The van der Waals surface area contributed by atoms with Crippen LogP contribution in [0, 0.1) is 15.9 Å². The van der Waals surface area contributed by atoms with Gasteiger partial charge in [-0.25, -0.2) is 13.3 Å². The van der Waals surface area contributed by atoms with Gasteiger partial charge in [0, 0.05) is 18.0 Å². The van der Waals surface area contributed by atoms with Crippen molar-refractivity contribution in [3.63, 3.8) is 0 Å². The number of rotatable bonds is 5. The second-order valence-corrected chi connectivity index (χ2v) is 6.11. The third kappa shape index (κ3) is 4.19. The Morgan fingerprint density at radius 3 is 2.48 bits per heavy atom. The summed E-state index contributed by atoms with van der Waals surface area (Å²) in [6, 6.07) is 6.39. The number of ether oxygens (including phenoxy) is 1. The van der Waals surface area contributed by atoms with Crippen molar-refractivity contribution in [3.05, 3.63) is 58.2 Å². The predicted molar refractivity (Wildman–Crippen MR) is 102 cm³/mol. The molecule has 1 aromatic carbocycles. The summed E-state index contributed by atoms with van der Waals surface area (Å²) in [5.74, 6) is -0.693. The summed E-state index contributed by atoms with van der Waals surface area (Å²) in [6.07, 6.45) is 1.43. The number of non-ortho nitro benzene ring substituents is 1. The molecule has 0 aliphatic heterocycles. The molecule has 0 fully saturated rings. The molecule has 0 bridgehead atoms. The van der Waals surface area contributed by atoms with Crippen molar-refractivity contribution in [2.24, 2.45) is 0 Å². The molecule has 0 saturated heterocycles. The van der Waals surface area contributed by atoms with Crippen LogP contribution in [-0.2, 0) is 0 Å². The largest absolute Gasteiger partial charge is 0.453 e. The van der Waals surface area contributed by atoms with Crippen LogP contribution in [0.4, 0.5) is 14.0 Å². The number of hydrogen-bond acceptors (Lipinski definition) is 5. The van der Waals surface area contributed by atoms with E-state index in [1.807, 2.05) is 27.7 Å². The molecule has 6 nitrogen and oxygen atoms in total. The van der Waals surface area contributed by atoms with Gasteiger partial charge in [-0.15, -0.1) is 3.89 Å². The Labute approximate surface area is 159 Å². The Kier molecular flexibility index (Phi) is 6.73. The summed E-state index contributed by atoms with van der Waals surface area (Å²) in [6.45, 7) is 7.83. The van der Waals surface area contributed by atoms with E-state index in [-0.39, 0.29) is 35.4 Å². The first kappa shape index (κ1) is 20.6. The fraction of sp³-hybridized carbons (Fsp3) is 0.278. The lowest BCUT2D eigenvalue weighted by atomic mass is 10.1. The van der Waals surface area contributed by atoms with E-state index in [1.165, 1.54) is 22.3 Å². The maximum atomic E-state index is 14.1. The zero-order valence-corrected chi connectivity index (χ0v) is 16.1. The van der Waals surface area contributed by atoms with E-state index in [1.54, 1.807) is 6.07 Å². The van der Waals surface area contributed by atoms with Gasteiger partial charge in [-0.05, 0) is 24.1 Å².